The molecule has 1 aliphatic rings. The number of halogens is 2. The van der Waals surface area contributed by atoms with Crippen molar-refractivity contribution in [1.82, 2.24) is 5.32 Å². The summed E-state index contributed by atoms with van der Waals surface area (Å²) in [5.41, 5.74) is 5.76. The molecule has 0 spiro atoms. The van der Waals surface area contributed by atoms with E-state index in [1.807, 2.05) is 0 Å². The van der Waals surface area contributed by atoms with Crippen LogP contribution in [0.3, 0.4) is 0 Å². The van der Waals surface area contributed by atoms with Gasteiger partial charge in [0.05, 0.1) is 10.0 Å². The number of hydrogen-bond acceptors (Lipinski definition) is 3. The number of nitrogens with one attached hydrogen (secondary N) is 1. The molecule has 2 rings (SSSR count). The van der Waals surface area contributed by atoms with Crippen LogP contribution in [0.1, 0.15) is 25.7 Å². The second-order valence-corrected chi connectivity index (χ2v) is 6.13. The molecule has 2 atom stereocenters. The highest BCUT2D eigenvalue weighted by atomic mass is 35.5. The summed E-state index contributed by atoms with van der Waals surface area (Å²) in [7, 11) is 0. The quantitative estimate of drug-likeness (QED) is 0.872. The van der Waals surface area contributed by atoms with Crippen molar-refractivity contribution < 1.29 is 9.53 Å². The van der Waals surface area contributed by atoms with E-state index in [2.05, 4.69) is 5.32 Å². The standard InChI is InChI=1S/C15H20Cl2N2O2/c16-12-6-5-11(7-13(12)17)21-9-15(20)19-14-4-2-1-3-10(14)8-18/h5-7,10,14H,1-4,8-9,18H2,(H,19,20). The molecule has 1 fully saturated rings. The lowest BCUT2D eigenvalue weighted by molar-refractivity contribution is -0.124. The molecule has 116 valence electrons. The van der Waals surface area contributed by atoms with E-state index in [4.69, 9.17) is 33.7 Å². The van der Waals surface area contributed by atoms with E-state index in [1.165, 1.54) is 6.42 Å². The van der Waals surface area contributed by atoms with Gasteiger partial charge in [-0.25, -0.2) is 0 Å². The van der Waals surface area contributed by atoms with Crippen molar-refractivity contribution in [2.24, 2.45) is 11.7 Å². The Bertz CT molecular complexity index is 497. The van der Waals surface area contributed by atoms with E-state index in [0.29, 0.717) is 28.3 Å². The van der Waals surface area contributed by atoms with Crippen LogP contribution in [-0.2, 0) is 4.79 Å². The number of benzene rings is 1. The smallest absolute Gasteiger partial charge is 0.258 e. The maximum Gasteiger partial charge on any atom is 0.258 e. The third kappa shape index (κ3) is 4.77. The lowest BCUT2D eigenvalue weighted by Gasteiger charge is -2.31. The van der Waals surface area contributed by atoms with E-state index in [-0.39, 0.29) is 18.6 Å². The van der Waals surface area contributed by atoms with Crippen molar-refractivity contribution in [2.45, 2.75) is 31.7 Å². The van der Waals surface area contributed by atoms with Gasteiger partial charge in [-0.1, -0.05) is 36.0 Å². The first-order chi connectivity index (χ1) is 10.1. The molecular weight excluding hydrogens is 311 g/mol. The van der Waals surface area contributed by atoms with Crippen molar-refractivity contribution in [1.29, 1.82) is 0 Å². The van der Waals surface area contributed by atoms with Crippen LogP contribution in [0, 0.1) is 5.92 Å². The summed E-state index contributed by atoms with van der Waals surface area (Å²) in [5.74, 6) is 0.762. The van der Waals surface area contributed by atoms with Gasteiger partial charge in [0.2, 0.25) is 0 Å². The first-order valence-corrected chi connectivity index (χ1v) is 7.93. The number of rotatable bonds is 5. The molecule has 4 nitrogen and oxygen atoms in total. The summed E-state index contributed by atoms with van der Waals surface area (Å²) in [5, 5.41) is 3.88. The van der Waals surface area contributed by atoms with E-state index in [9.17, 15) is 4.79 Å². The summed E-state index contributed by atoms with van der Waals surface area (Å²) >= 11 is 11.7. The topological polar surface area (TPSA) is 64.3 Å². The van der Waals surface area contributed by atoms with Crippen LogP contribution >= 0.6 is 23.2 Å². The minimum Gasteiger partial charge on any atom is -0.484 e. The van der Waals surface area contributed by atoms with E-state index in [0.717, 1.165) is 19.3 Å². The van der Waals surface area contributed by atoms with Crippen LogP contribution in [0.2, 0.25) is 10.0 Å². The van der Waals surface area contributed by atoms with Gasteiger partial charge in [0, 0.05) is 12.1 Å². The summed E-state index contributed by atoms with van der Waals surface area (Å²) in [6.45, 7) is 0.574. The van der Waals surface area contributed by atoms with Crippen molar-refractivity contribution in [2.75, 3.05) is 13.2 Å². The first-order valence-electron chi connectivity index (χ1n) is 7.17. The van der Waals surface area contributed by atoms with Crippen molar-refractivity contribution in [3.63, 3.8) is 0 Å². The molecular formula is C15H20Cl2N2O2. The Morgan fingerprint density at radius 2 is 2.05 bits per heavy atom. The third-order valence-corrected chi connectivity index (χ3v) is 4.56. The predicted molar refractivity (Wildman–Crippen MR) is 84.9 cm³/mol. The largest absolute Gasteiger partial charge is 0.484 e. The second kappa shape index (κ2) is 7.87. The molecule has 0 radical (unpaired) electrons. The van der Waals surface area contributed by atoms with Gasteiger partial charge in [-0.3, -0.25) is 4.79 Å². The van der Waals surface area contributed by atoms with E-state index >= 15 is 0 Å². The van der Waals surface area contributed by atoms with Gasteiger partial charge >= 0.3 is 0 Å². The number of carbonyl (C=O) groups excluding carboxylic acids is 1. The number of amides is 1. The van der Waals surface area contributed by atoms with E-state index in [1.54, 1.807) is 18.2 Å². The molecule has 0 aliphatic heterocycles. The van der Waals surface area contributed by atoms with Crippen LogP contribution < -0.4 is 15.8 Å². The van der Waals surface area contributed by atoms with Crippen LogP contribution in [0.5, 0.6) is 5.75 Å². The lowest BCUT2D eigenvalue weighted by atomic mass is 9.84. The first kappa shape index (κ1) is 16.4. The molecule has 0 aromatic heterocycles. The number of hydrogen-bond donors (Lipinski definition) is 2. The predicted octanol–water partition coefficient (Wildman–Crippen LogP) is 3.01. The van der Waals surface area contributed by atoms with Crippen LogP contribution in [-0.4, -0.2) is 25.1 Å². The SMILES string of the molecule is NCC1CCCCC1NC(=O)COc1ccc(Cl)c(Cl)c1. The fourth-order valence-corrected chi connectivity index (χ4v) is 2.93. The van der Waals surface area contributed by atoms with Crippen LogP contribution in [0.25, 0.3) is 0 Å². The second-order valence-electron chi connectivity index (χ2n) is 5.32. The highest BCUT2D eigenvalue weighted by Gasteiger charge is 2.25. The van der Waals surface area contributed by atoms with Gasteiger partial charge in [-0.15, -0.1) is 0 Å². The Kier molecular flexibility index (Phi) is 6.15. The van der Waals surface area contributed by atoms with Crippen molar-refractivity contribution >= 4 is 29.1 Å². The number of nitrogens with two attached hydrogens (primary N) is 1. The molecule has 1 amide bonds. The fraction of sp³-hybridized carbons (Fsp3) is 0.533. The summed E-state index contributed by atoms with van der Waals surface area (Å²) < 4.78 is 5.43. The lowest BCUT2D eigenvalue weighted by Crippen LogP contribution is -2.46. The highest BCUT2D eigenvalue weighted by Crippen LogP contribution is 2.26. The zero-order valence-corrected chi connectivity index (χ0v) is 13.3. The Balaban J connectivity index is 1.82. The molecule has 0 saturated heterocycles. The van der Waals surface area contributed by atoms with Gasteiger partial charge in [0.15, 0.2) is 6.61 Å². The Hall–Kier alpha value is -0.970. The summed E-state index contributed by atoms with van der Waals surface area (Å²) in [6.07, 6.45) is 4.39. The molecule has 1 aromatic rings. The third-order valence-electron chi connectivity index (χ3n) is 3.82. The fourth-order valence-electron chi connectivity index (χ4n) is 2.64. The minimum absolute atomic E-state index is 0.0360. The Morgan fingerprint density at radius 1 is 1.29 bits per heavy atom. The van der Waals surface area contributed by atoms with Crippen molar-refractivity contribution in [3.05, 3.63) is 28.2 Å². The molecule has 1 aromatic carbocycles. The number of carbonyl (C=O) groups is 1. The Labute approximate surface area is 134 Å². The maximum atomic E-state index is 12.0. The monoisotopic (exact) mass is 330 g/mol. The average Bonchev–Trinajstić information content (AvgIpc) is 2.49. The molecule has 1 aliphatic carbocycles. The van der Waals surface area contributed by atoms with Crippen LogP contribution in [0.4, 0.5) is 0 Å². The highest BCUT2D eigenvalue weighted by molar-refractivity contribution is 6.42. The van der Waals surface area contributed by atoms with Gasteiger partial charge in [0.25, 0.3) is 5.91 Å². The van der Waals surface area contributed by atoms with Gasteiger partial charge in [-0.2, -0.15) is 0 Å². The molecule has 3 N–H and O–H groups in total. The molecule has 0 heterocycles. The Morgan fingerprint density at radius 3 is 2.76 bits per heavy atom. The molecule has 6 heteroatoms. The molecule has 2 unspecified atom stereocenters. The van der Waals surface area contributed by atoms with Gasteiger partial charge in [0.1, 0.15) is 5.75 Å². The summed E-state index contributed by atoms with van der Waals surface area (Å²) in [4.78, 5) is 12.0. The molecule has 21 heavy (non-hydrogen) atoms. The molecule has 1 saturated carbocycles. The van der Waals surface area contributed by atoms with Crippen LogP contribution in [0.15, 0.2) is 18.2 Å². The van der Waals surface area contributed by atoms with Crippen molar-refractivity contribution in [3.8, 4) is 5.75 Å². The number of ether oxygens (including phenoxy) is 1. The summed E-state index contributed by atoms with van der Waals surface area (Å²) in [6, 6.07) is 5.09. The zero-order valence-electron chi connectivity index (χ0n) is 11.8. The van der Waals surface area contributed by atoms with Gasteiger partial charge in [-0.05, 0) is 37.4 Å². The zero-order chi connectivity index (χ0) is 15.2. The van der Waals surface area contributed by atoms with E-state index < -0.39 is 0 Å². The normalized spacial score (nSPS) is 21.9. The maximum absolute atomic E-state index is 12.0. The minimum atomic E-state index is -0.133. The average molecular weight is 331 g/mol. The molecule has 0 bridgehead atoms. The van der Waals surface area contributed by atoms with Gasteiger partial charge < -0.3 is 15.8 Å².